The van der Waals surface area contributed by atoms with Crippen LogP contribution in [0, 0.1) is 5.92 Å². The van der Waals surface area contributed by atoms with Gasteiger partial charge in [-0.2, -0.15) is 0 Å². The number of carbonyl (C=O) groups excluding carboxylic acids is 2. The van der Waals surface area contributed by atoms with Crippen molar-refractivity contribution < 1.29 is 14.3 Å². The molecule has 0 aliphatic heterocycles. The molecule has 0 radical (unpaired) electrons. The number of rotatable bonds is 7. The van der Waals surface area contributed by atoms with Gasteiger partial charge in [0, 0.05) is 6.04 Å². The Balaban J connectivity index is 1.72. The molecule has 24 heavy (non-hydrogen) atoms. The molecule has 1 N–H and O–H groups in total. The van der Waals surface area contributed by atoms with Crippen molar-refractivity contribution in [2.75, 3.05) is 0 Å². The van der Waals surface area contributed by atoms with Gasteiger partial charge in [-0.1, -0.05) is 42.5 Å². The summed E-state index contributed by atoms with van der Waals surface area (Å²) in [6, 6.07) is 10.2. The van der Waals surface area contributed by atoms with E-state index in [9.17, 15) is 9.59 Å². The van der Waals surface area contributed by atoms with Gasteiger partial charge in [-0.3, -0.25) is 9.59 Å². The van der Waals surface area contributed by atoms with Crippen molar-refractivity contribution in [1.82, 2.24) is 5.32 Å². The zero-order valence-electron chi connectivity index (χ0n) is 14.5. The molecule has 0 saturated carbocycles. The Hall–Kier alpha value is -2.10. The molecule has 0 heterocycles. The Kier molecular flexibility index (Phi) is 7.04. The van der Waals surface area contributed by atoms with Gasteiger partial charge in [-0.15, -0.1) is 0 Å². The molecule has 1 aliphatic carbocycles. The van der Waals surface area contributed by atoms with E-state index < -0.39 is 6.10 Å². The summed E-state index contributed by atoms with van der Waals surface area (Å²) in [6.45, 7) is 3.61. The molecule has 1 aromatic carbocycles. The van der Waals surface area contributed by atoms with Crippen LogP contribution in [0.4, 0.5) is 0 Å². The summed E-state index contributed by atoms with van der Waals surface area (Å²) in [5.41, 5.74) is 1.25. The number of aryl methyl sites for hydroxylation is 1. The van der Waals surface area contributed by atoms with Crippen LogP contribution in [0.15, 0.2) is 42.5 Å². The third kappa shape index (κ3) is 5.84. The molecule has 130 valence electrons. The number of amides is 1. The molecule has 4 nitrogen and oxygen atoms in total. The fourth-order valence-corrected chi connectivity index (χ4v) is 2.79. The van der Waals surface area contributed by atoms with Crippen LogP contribution in [0.2, 0.25) is 0 Å². The minimum absolute atomic E-state index is 0.0384. The minimum Gasteiger partial charge on any atom is -0.452 e. The smallest absolute Gasteiger partial charge is 0.310 e. The van der Waals surface area contributed by atoms with Gasteiger partial charge in [0.25, 0.3) is 5.91 Å². The molecule has 0 unspecified atom stereocenters. The zero-order valence-corrected chi connectivity index (χ0v) is 14.5. The summed E-state index contributed by atoms with van der Waals surface area (Å²) in [5.74, 6) is -0.602. The highest BCUT2D eigenvalue weighted by Gasteiger charge is 2.25. The topological polar surface area (TPSA) is 55.4 Å². The Morgan fingerprint density at radius 2 is 1.96 bits per heavy atom. The number of carbonyl (C=O) groups is 2. The number of benzene rings is 1. The number of hydrogen-bond acceptors (Lipinski definition) is 3. The highest BCUT2D eigenvalue weighted by Crippen LogP contribution is 2.20. The zero-order chi connectivity index (χ0) is 17.4. The number of esters is 1. The molecule has 0 spiro atoms. The lowest BCUT2D eigenvalue weighted by Crippen LogP contribution is -2.41. The lowest BCUT2D eigenvalue weighted by molar-refractivity contribution is -0.159. The van der Waals surface area contributed by atoms with Crippen LogP contribution in [0.1, 0.15) is 45.1 Å². The van der Waals surface area contributed by atoms with Crippen molar-refractivity contribution in [3.05, 3.63) is 48.0 Å². The number of nitrogens with one attached hydrogen (secondary N) is 1. The Bertz CT molecular complexity index is 568. The average molecular weight is 329 g/mol. The number of ether oxygens (including phenoxy) is 1. The predicted octanol–water partition coefficient (Wildman–Crippen LogP) is 3.41. The Morgan fingerprint density at radius 1 is 1.21 bits per heavy atom. The van der Waals surface area contributed by atoms with Crippen molar-refractivity contribution in [1.29, 1.82) is 0 Å². The van der Waals surface area contributed by atoms with Crippen molar-refractivity contribution >= 4 is 11.9 Å². The molecule has 0 saturated heterocycles. The summed E-state index contributed by atoms with van der Waals surface area (Å²) in [5, 5.41) is 2.93. The van der Waals surface area contributed by atoms with E-state index in [1.165, 1.54) is 5.56 Å². The van der Waals surface area contributed by atoms with Gasteiger partial charge in [-0.05, 0) is 51.5 Å². The van der Waals surface area contributed by atoms with Gasteiger partial charge in [0.2, 0.25) is 0 Å². The third-order valence-corrected chi connectivity index (χ3v) is 4.36. The van der Waals surface area contributed by atoms with Crippen LogP contribution in [0.3, 0.4) is 0 Å². The standard InChI is InChI=1S/C20H27NO3/c1-15(13-14-17-9-5-3-6-10-17)21-19(22)16(2)24-20(23)18-11-7-4-8-12-18/h3-7,9-10,15-16,18H,8,11-14H2,1-2H3,(H,21,22)/t15-,16-,18-/m1/s1. The molecule has 1 aliphatic rings. The molecular weight excluding hydrogens is 302 g/mol. The van der Waals surface area contributed by atoms with Gasteiger partial charge < -0.3 is 10.1 Å². The minimum atomic E-state index is -0.748. The van der Waals surface area contributed by atoms with E-state index in [-0.39, 0.29) is 23.8 Å². The Labute approximate surface area is 144 Å². The molecule has 0 bridgehead atoms. The lowest BCUT2D eigenvalue weighted by Gasteiger charge is -2.21. The second-order valence-corrected chi connectivity index (χ2v) is 6.49. The van der Waals surface area contributed by atoms with Crippen molar-refractivity contribution in [2.45, 2.75) is 58.1 Å². The maximum atomic E-state index is 12.2. The maximum absolute atomic E-state index is 12.2. The fourth-order valence-electron chi connectivity index (χ4n) is 2.79. The first-order chi connectivity index (χ1) is 11.6. The van der Waals surface area contributed by atoms with Gasteiger partial charge >= 0.3 is 5.97 Å². The van der Waals surface area contributed by atoms with Crippen LogP contribution in [0.25, 0.3) is 0 Å². The monoisotopic (exact) mass is 329 g/mol. The van der Waals surface area contributed by atoms with Crippen LogP contribution in [-0.2, 0) is 20.7 Å². The van der Waals surface area contributed by atoms with Crippen LogP contribution in [-0.4, -0.2) is 24.0 Å². The third-order valence-electron chi connectivity index (χ3n) is 4.36. The van der Waals surface area contributed by atoms with Crippen LogP contribution < -0.4 is 5.32 Å². The van der Waals surface area contributed by atoms with E-state index in [0.29, 0.717) is 6.42 Å². The van der Waals surface area contributed by atoms with E-state index in [1.807, 2.05) is 31.2 Å². The summed E-state index contributed by atoms with van der Waals surface area (Å²) < 4.78 is 5.33. The summed E-state index contributed by atoms with van der Waals surface area (Å²) in [6.07, 6.45) is 7.51. The van der Waals surface area contributed by atoms with E-state index in [1.54, 1.807) is 6.92 Å². The largest absolute Gasteiger partial charge is 0.452 e. The summed E-state index contributed by atoms with van der Waals surface area (Å²) >= 11 is 0. The molecule has 1 aromatic rings. The normalized spacial score (nSPS) is 19.3. The SMILES string of the molecule is C[C@H](CCc1ccccc1)NC(=O)[C@@H](C)OC(=O)[C@@H]1CC=CCC1. The molecule has 0 fully saturated rings. The van der Waals surface area contributed by atoms with Crippen molar-refractivity contribution in [2.24, 2.45) is 5.92 Å². The summed E-state index contributed by atoms with van der Waals surface area (Å²) in [4.78, 5) is 24.3. The average Bonchev–Trinajstić information content (AvgIpc) is 2.61. The van der Waals surface area contributed by atoms with Gasteiger partial charge in [0.1, 0.15) is 0 Å². The van der Waals surface area contributed by atoms with Gasteiger partial charge in [-0.25, -0.2) is 0 Å². The first kappa shape index (κ1) is 18.2. The second-order valence-electron chi connectivity index (χ2n) is 6.49. The van der Waals surface area contributed by atoms with Crippen molar-refractivity contribution in [3.8, 4) is 0 Å². The number of hydrogen-bond donors (Lipinski definition) is 1. The summed E-state index contributed by atoms with van der Waals surface area (Å²) in [7, 11) is 0. The van der Waals surface area contributed by atoms with Crippen LogP contribution >= 0.6 is 0 Å². The maximum Gasteiger partial charge on any atom is 0.310 e. The number of allylic oxidation sites excluding steroid dienone is 2. The predicted molar refractivity (Wildman–Crippen MR) is 94.4 cm³/mol. The fraction of sp³-hybridized carbons (Fsp3) is 0.500. The molecule has 0 aromatic heterocycles. The van der Waals surface area contributed by atoms with Gasteiger partial charge in [0.15, 0.2) is 6.10 Å². The molecule has 1 amide bonds. The first-order valence-corrected chi connectivity index (χ1v) is 8.76. The van der Waals surface area contributed by atoms with Crippen LogP contribution in [0.5, 0.6) is 0 Å². The van der Waals surface area contributed by atoms with Gasteiger partial charge in [0.05, 0.1) is 5.92 Å². The molecular formula is C20H27NO3. The second kappa shape index (κ2) is 9.26. The molecule has 4 heteroatoms. The van der Waals surface area contributed by atoms with E-state index in [4.69, 9.17) is 4.74 Å². The highest BCUT2D eigenvalue weighted by molar-refractivity contribution is 5.84. The first-order valence-electron chi connectivity index (χ1n) is 8.76. The Morgan fingerprint density at radius 3 is 2.62 bits per heavy atom. The molecule has 2 rings (SSSR count). The highest BCUT2D eigenvalue weighted by atomic mass is 16.5. The van der Waals surface area contributed by atoms with E-state index in [2.05, 4.69) is 23.5 Å². The van der Waals surface area contributed by atoms with E-state index >= 15 is 0 Å². The lowest BCUT2D eigenvalue weighted by atomic mass is 9.95. The van der Waals surface area contributed by atoms with Crippen molar-refractivity contribution in [3.63, 3.8) is 0 Å². The quantitative estimate of drug-likeness (QED) is 0.616. The molecule has 3 atom stereocenters. The van der Waals surface area contributed by atoms with E-state index in [0.717, 1.165) is 25.7 Å².